The predicted octanol–water partition coefficient (Wildman–Crippen LogP) is 6.05. The quantitative estimate of drug-likeness (QED) is 0.522. The first-order valence-electron chi connectivity index (χ1n) is 13.1. The number of hydrogen-bond donors (Lipinski definition) is 1. The number of likely N-dealkylation sites (tertiary alicyclic amines) is 1. The fraction of sp³-hybridized carbons (Fsp3) is 0.419. The SMILES string of the molecule is CC(C)(C(=O)O)c1ccc(CCCN2CCC(=C3C4=C(SCC4)C(=O)Cc4ccccc43)CC2)cc1. The molecule has 0 spiro atoms. The molecule has 0 amide bonds. The standard InChI is InChI=1S/C31H35NO3S/c1-31(2,30(34)35)24-11-9-21(10-12-24)6-5-16-32-17-13-22(14-18-32)28-25-8-4-3-7-23(25)20-27(33)29-26(28)15-19-36-29/h3-4,7-12H,5-6,13-20H2,1-2H3,(H,34,35). The number of fused-ring (bicyclic) bond motifs is 1. The van der Waals surface area contributed by atoms with Crippen molar-refractivity contribution in [1.29, 1.82) is 0 Å². The number of carboxylic acids is 1. The summed E-state index contributed by atoms with van der Waals surface area (Å²) in [4.78, 5) is 28.0. The molecule has 188 valence electrons. The van der Waals surface area contributed by atoms with Gasteiger partial charge in [-0.05, 0) is 85.9 Å². The molecule has 36 heavy (non-hydrogen) atoms. The van der Waals surface area contributed by atoms with Crippen LogP contribution in [0.15, 0.2) is 64.6 Å². The second-order valence-corrected chi connectivity index (χ2v) is 11.8. The van der Waals surface area contributed by atoms with Gasteiger partial charge < -0.3 is 10.0 Å². The highest BCUT2D eigenvalue weighted by atomic mass is 32.2. The van der Waals surface area contributed by atoms with E-state index < -0.39 is 11.4 Å². The molecule has 1 N–H and O–H groups in total. The molecule has 1 fully saturated rings. The Morgan fingerprint density at radius 1 is 1.03 bits per heavy atom. The van der Waals surface area contributed by atoms with Gasteiger partial charge in [0.1, 0.15) is 0 Å². The molecular weight excluding hydrogens is 466 g/mol. The van der Waals surface area contributed by atoms with E-state index in [9.17, 15) is 14.7 Å². The van der Waals surface area contributed by atoms with Crippen LogP contribution in [0.1, 0.15) is 61.8 Å². The molecule has 0 unspecified atom stereocenters. The van der Waals surface area contributed by atoms with Crippen LogP contribution in [-0.4, -0.2) is 47.1 Å². The van der Waals surface area contributed by atoms with Crippen molar-refractivity contribution in [2.75, 3.05) is 25.4 Å². The van der Waals surface area contributed by atoms with Crippen LogP contribution in [0.5, 0.6) is 0 Å². The number of aliphatic carboxylic acids is 1. The summed E-state index contributed by atoms with van der Waals surface area (Å²) >= 11 is 1.76. The molecule has 2 heterocycles. The van der Waals surface area contributed by atoms with Crippen LogP contribution in [0.3, 0.4) is 0 Å². The molecule has 3 aliphatic rings. The summed E-state index contributed by atoms with van der Waals surface area (Å²) in [6, 6.07) is 16.6. The highest BCUT2D eigenvalue weighted by Gasteiger charge is 2.32. The molecule has 0 aromatic heterocycles. The molecule has 2 aliphatic heterocycles. The first kappa shape index (κ1) is 25.0. The fourth-order valence-corrected chi connectivity index (χ4v) is 6.82. The molecule has 0 saturated carbocycles. The minimum Gasteiger partial charge on any atom is -0.481 e. The third-order valence-electron chi connectivity index (χ3n) is 8.03. The number of carbonyl (C=O) groups is 2. The number of benzene rings is 2. The summed E-state index contributed by atoms with van der Waals surface area (Å²) in [7, 11) is 0. The van der Waals surface area contributed by atoms with Gasteiger partial charge in [-0.25, -0.2) is 0 Å². The zero-order valence-corrected chi connectivity index (χ0v) is 22.1. The maximum absolute atomic E-state index is 12.9. The Morgan fingerprint density at radius 3 is 2.47 bits per heavy atom. The number of aryl methyl sites for hydroxylation is 1. The van der Waals surface area contributed by atoms with E-state index >= 15 is 0 Å². The van der Waals surface area contributed by atoms with Gasteiger partial charge in [-0.2, -0.15) is 0 Å². The van der Waals surface area contributed by atoms with Gasteiger partial charge >= 0.3 is 5.97 Å². The van der Waals surface area contributed by atoms with Crippen molar-refractivity contribution >= 4 is 29.1 Å². The van der Waals surface area contributed by atoms with Crippen LogP contribution in [0, 0.1) is 0 Å². The normalized spacial score (nSPS) is 18.8. The largest absolute Gasteiger partial charge is 0.481 e. The summed E-state index contributed by atoms with van der Waals surface area (Å²) in [6.45, 7) is 6.70. The van der Waals surface area contributed by atoms with Crippen LogP contribution in [0.2, 0.25) is 0 Å². The lowest BCUT2D eigenvalue weighted by molar-refractivity contribution is -0.142. The number of hydrogen-bond acceptors (Lipinski definition) is 4. The van der Waals surface area contributed by atoms with Crippen molar-refractivity contribution in [2.45, 2.75) is 57.8 Å². The smallest absolute Gasteiger partial charge is 0.313 e. The average molecular weight is 502 g/mol. The molecule has 0 bridgehead atoms. The minimum absolute atomic E-state index is 0.299. The van der Waals surface area contributed by atoms with Gasteiger partial charge in [0.05, 0.1) is 10.3 Å². The molecule has 2 aromatic rings. The zero-order chi connectivity index (χ0) is 25.3. The number of nitrogens with zero attached hydrogens (tertiary/aromatic N) is 1. The molecular formula is C31H35NO3S. The van der Waals surface area contributed by atoms with Gasteiger partial charge in [0.2, 0.25) is 0 Å². The Hall–Kier alpha value is -2.63. The number of ketones is 1. The van der Waals surface area contributed by atoms with Gasteiger partial charge in [0.15, 0.2) is 5.78 Å². The van der Waals surface area contributed by atoms with Crippen LogP contribution in [0.25, 0.3) is 5.57 Å². The van der Waals surface area contributed by atoms with Crippen LogP contribution >= 0.6 is 11.8 Å². The van der Waals surface area contributed by atoms with E-state index in [-0.39, 0.29) is 0 Å². The van der Waals surface area contributed by atoms with Crippen molar-refractivity contribution in [1.82, 2.24) is 4.90 Å². The van der Waals surface area contributed by atoms with Gasteiger partial charge in [-0.3, -0.25) is 9.59 Å². The number of allylic oxidation sites excluding steroid dienone is 3. The van der Waals surface area contributed by atoms with Crippen molar-refractivity contribution in [3.8, 4) is 0 Å². The number of thioether (sulfide) groups is 1. The van der Waals surface area contributed by atoms with E-state index in [0.29, 0.717) is 12.2 Å². The second kappa shape index (κ2) is 10.4. The van der Waals surface area contributed by atoms with Gasteiger partial charge in [0, 0.05) is 25.3 Å². The summed E-state index contributed by atoms with van der Waals surface area (Å²) in [5, 5.41) is 9.44. The summed E-state index contributed by atoms with van der Waals surface area (Å²) in [5.74, 6) is 0.524. The molecule has 1 aliphatic carbocycles. The maximum atomic E-state index is 12.9. The first-order valence-corrected chi connectivity index (χ1v) is 14.1. The molecule has 5 rings (SSSR count). The van der Waals surface area contributed by atoms with E-state index in [2.05, 4.69) is 41.3 Å². The minimum atomic E-state index is -0.863. The third kappa shape index (κ3) is 4.96. The second-order valence-electron chi connectivity index (χ2n) is 10.7. The topological polar surface area (TPSA) is 57.6 Å². The van der Waals surface area contributed by atoms with E-state index in [4.69, 9.17) is 0 Å². The van der Waals surface area contributed by atoms with E-state index in [1.54, 1.807) is 25.6 Å². The van der Waals surface area contributed by atoms with Crippen molar-refractivity contribution < 1.29 is 14.7 Å². The lowest BCUT2D eigenvalue weighted by Gasteiger charge is -2.30. The molecule has 2 aromatic carbocycles. The number of rotatable bonds is 6. The van der Waals surface area contributed by atoms with Crippen LogP contribution in [0.4, 0.5) is 0 Å². The summed E-state index contributed by atoms with van der Waals surface area (Å²) < 4.78 is 0. The zero-order valence-electron chi connectivity index (χ0n) is 21.3. The van der Waals surface area contributed by atoms with Crippen molar-refractivity contribution in [3.63, 3.8) is 0 Å². The van der Waals surface area contributed by atoms with Crippen LogP contribution < -0.4 is 0 Å². The lowest BCUT2D eigenvalue weighted by atomic mass is 9.84. The highest BCUT2D eigenvalue weighted by molar-refractivity contribution is 8.04. The average Bonchev–Trinajstić information content (AvgIpc) is 3.32. The number of piperidine rings is 1. The number of Topliss-reactive ketones (excluding diaryl/α,β-unsaturated/α-hetero) is 1. The Labute approximate surface area is 218 Å². The van der Waals surface area contributed by atoms with E-state index in [1.165, 1.54) is 33.4 Å². The molecule has 1 saturated heterocycles. The van der Waals surface area contributed by atoms with Crippen LogP contribution in [-0.2, 0) is 27.8 Å². The van der Waals surface area contributed by atoms with Crippen molar-refractivity contribution in [2.24, 2.45) is 0 Å². The molecule has 4 nitrogen and oxygen atoms in total. The maximum Gasteiger partial charge on any atom is 0.313 e. The monoisotopic (exact) mass is 501 g/mol. The van der Waals surface area contributed by atoms with E-state index in [0.717, 1.165) is 68.0 Å². The van der Waals surface area contributed by atoms with Gasteiger partial charge in [0.25, 0.3) is 0 Å². The lowest BCUT2D eigenvalue weighted by Crippen LogP contribution is -2.32. The van der Waals surface area contributed by atoms with Crippen molar-refractivity contribution in [3.05, 3.63) is 86.8 Å². The Bertz CT molecular complexity index is 1230. The highest BCUT2D eigenvalue weighted by Crippen LogP contribution is 2.46. The Kier molecular flexibility index (Phi) is 7.23. The third-order valence-corrected chi connectivity index (χ3v) is 9.20. The Balaban J connectivity index is 1.22. The van der Waals surface area contributed by atoms with E-state index in [1.807, 2.05) is 12.1 Å². The number of carbonyl (C=O) groups excluding carboxylic acids is 1. The summed E-state index contributed by atoms with van der Waals surface area (Å²) in [5.41, 5.74) is 7.94. The molecule has 5 heteroatoms. The Morgan fingerprint density at radius 2 is 1.75 bits per heavy atom. The predicted molar refractivity (Wildman–Crippen MR) is 147 cm³/mol. The fourth-order valence-electron chi connectivity index (χ4n) is 5.70. The first-order chi connectivity index (χ1) is 17.3. The number of carboxylic acid groups (broad SMARTS) is 1. The molecule has 0 atom stereocenters. The van der Waals surface area contributed by atoms with Gasteiger partial charge in [-0.1, -0.05) is 54.1 Å². The molecule has 0 radical (unpaired) electrons. The summed E-state index contributed by atoms with van der Waals surface area (Å²) in [6.07, 6.45) is 5.76. The van der Waals surface area contributed by atoms with Gasteiger partial charge in [-0.15, -0.1) is 11.8 Å².